The van der Waals surface area contributed by atoms with Crippen molar-refractivity contribution in [3.05, 3.63) is 138 Å². The number of fused-ring (bicyclic) bond motifs is 3. The Balaban J connectivity index is 1.36. The summed E-state index contributed by atoms with van der Waals surface area (Å²) < 4.78 is 13.9. The van der Waals surface area contributed by atoms with Crippen molar-refractivity contribution < 1.29 is 19.1 Å². The third-order valence-corrected chi connectivity index (χ3v) is 8.58. The number of furan rings is 1. The third kappa shape index (κ3) is 4.33. The number of hydrogen-bond donors (Lipinski definition) is 1. The van der Waals surface area contributed by atoms with E-state index < -0.39 is 5.97 Å². The van der Waals surface area contributed by atoms with Crippen LogP contribution in [0.25, 0.3) is 23.1 Å². The average molecular weight is 561 g/mol. The number of carboxylic acids is 1. The van der Waals surface area contributed by atoms with Gasteiger partial charge in [-0.05, 0) is 65.9 Å². The third-order valence-electron chi connectivity index (χ3n) is 7.60. The summed E-state index contributed by atoms with van der Waals surface area (Å²) in [4.78, 5) is 30.9. The van der Waals surface area contributed by atoms with Crippen LogP contribution in [0.4, 0.5) is 0 Å². The maximum absolute atomic E-state index is 14.0. The second kappa shape index (κ2) is 9.91. The molecule has 3 heterocycles. The van der Waals surface area contributed by atoms with Gasteiger partial charge in [-0.1, -0.05) is 59.9 Å². The maximum Gasteiger partial charge on any atom is 0.335 e. The van der Waals surface area contributed by atoms with Crippen LogP contribution < -0.4 is 19.6 Å². The second-order valence-electron chi connectivity index (χ2n) is 9.97. The average Bonchev–Trinajstić information content (AvgIpc) is 3.60. The van der Waals surface area contributed by atoms with Gasteiger partial charge >= 0.3 is 5.97 Å². The molecule has 1 N–H and O–H groups in total. The summed E-state index contributed by atoms with van der Waals surface area (Å²) in [6.07, 6.45) is 3.44. The Labute approximate surface area is 238 Å². The Morgan fingerprint density at radius 2 is 1.88 bits per heavy atom. The number of nitrogens with zero attached hydrogens (tertiary/aromatic N) is 2. The highest BCUT2D eigenvalue weighted by Crippen LogP contribution is 2.41. The number of aryl methyl sites for hydroxylation is 1. The highest BCUT2D eigenvalue weighted by Gasteiger charge is 2.32. The van der Waals surface area contributed by atoms with Crippen molar-refractivity contribution in [2.45, 2.75) is 18.9 Å². The predicted octanol–water partition coefficient (Wildman–Crippen LogP) is 5.29. The number of carboxylic acid groups (broad SMARTS) is 1. The first kappa shape index (κ1) is 25.0. The molecule has 1 atom stereocenters. The summed E-state index contributed by atoms with van der Waals surface area (Å²) in [5.74, 6) is 0.867. The molecule has 1 aliphatic heterocycles. The van der Waals surface area contributed by atoms with Crippen LogP contribution in [0.5, 0.6) is 5.75 Å². The van der Waals surface area contributed by atoms with Crippen LogP contribution in [0.1, 0.15) is 45.3 Å². The summed E-state index contributed by atoms with van der Waals surface area (Å²) in [6.45, 7) is 0. The fraction of sp³-hybridized carbons (Fsp3) is 0.121. The van der Waals surface area contributed by atoms with Crippen molar-refractivity contribution >= 4 is 29.1 Å². The van der Waals surface area contributed by atoms with Gasteiger partial charge in [-0.15, -0.1) is 0 Å². The molecule has 0 amide bonds. The minimum atomic E-state index is -0.982. The van der Waals surface area contributed by atoms with Crippen LogP contribution in [0.15, 0.2) is 105 Å². The molecular weight excluding hydrogens is 536 g/mol. The highest BCUT2D eigenvalue weighted by atomic mass is 32.1. The van der Waals surface area contributed by atoms with Crippen LogP contribution in [0, 0.1) is 0 Å². The zero-order valence-electron chi connectivity index (χ0n) is 22.0. The molecule has 0 saturated carbocycles. The molecule has 0 spiro atoms. The van der Waals surface area contributed by atoms with Gasteiger partial charge in [-0.3, -0.25) is 9.36 Å². The van der Waals surface area contributed by atoms with Crippen LogP contribution in [0.3, 0.4) is 0 Å². The van der Waals surface area contributed by atoms with Crippen molar-refractivity contribution in [3.63, 3.8) is 0 Å². The first-order valence-electron chi connectivity index (χ1n) is 13.2. The standard InChI is InChI=1S/C33H24N2O5S/c1-39-23-7-4-6-22(17-23)30-26-15-13-19-5-2-3-8-25(19)29(26)34-33-35(30)31(36)28(41-33)18-24-14-16-27(40-24)20-9-11-21(12-10-20)32(37)38/h2-12,14,16-18,30H,13,15H2,1H3,(H,37,38). The number of carbonyl (C=O) groups is 1. The molecule has 0 saturated heterocycles. The Hall–Kier alpha value is -4.95. The number of aromatic nitrogens is 1. The molecule has 5 aromatic rings. The lowest BCUT2D eigenvalue weighted by molar-refractivity contribution is 0.0697. The molecule has 1 aliphatic carbocycles. The van der Waals surface area contributed by atoms with E-state index in [2.05, 4.69) is 18.2 Å². The van der Waals surface area contributed by atoms with Gasteiger partial charge in [-0.2, -0.15) is 0 Å². The Morgan fingerprint density at radius 1 is 1.05 bits per heavy atom. The van der Waals surface area contributed by atoms with Crippen LogP contribution >= 0.6 is 11.3 Å². The number of benzene rings is 3. The Morgan fingerprint density at radius 3 is 2.68 bits per heavy atom. The van der Waals surface area contributed by atoms with Gasteiger partial charge in [0.1, 0.15) is 17.3 Å². The smallest absolute Gasteiger partial charge is 0.335 e. The van der Waals surface area contributed by atoms with E-state index in [0.717, 1.165) is 46.6 Å². The summed E-state index contributed by atoms with van der Waals surface area (Å²) in [6, 6.07) is 26.0. The molecule has 1 unspecified atom stereocenters. The fourth-order valence-electron chi connectivity index (χ4n) is 5.63. The van der Waals surface area contributed by atoms with E-state index in [0.29, 0.717) is 20.9 Å². The zero-order chi connectivity index (χ0) is 28.1. The first-order valence-corrected chi connectivity index (χ1v) is 14.0. The lowest BCUT2D eigenvalue weighted by Crippen LogP contribution is -2.38. The number of rotatable bonds is 5. The van der Waals surface area contributed by atoms with Gasteiger partial charge in [0, 0.05) is 17.2 Å². The number of methoxy groups -OCH3 is 1. The fourth-order valence-corrected chi connectivity index (χ4v) is 6.61. The van der Waals surface area contributed by atoms with E-state index in [1.807, 2.05) is 36.4 Å². The number of hydrogen-bond acceptors (Lipinski definition) is 6. The summed E-state index contributed by atoms with van der Waals surface area (Å²) in [7, 11) is 1.64. The minimum absolute atomic E-state index is 0.129. The van der Waals surface area contributed by atoms with Crippen molar-refractivity contribution in [1.82, 2.24) is 4.57 Å². The summed E-state index contributed by atoms with van der Waals surface area (Å²) >= 11 is 1.34. The molecule has 2 aromatic heterocycles. The van der Waals surface area contributed by atoms with Crippen LogP contribution in [0.2, 0.25) is 0 Å². The molecule has 2 aliphatic rings. The number of ether oxygens (including phenoxy) is 1. The molecule has 7 nitrogen and oxygen atoms in total. The number of allylic oxidation sites excluding steroid dienone is 1. The zero-order valence-corrected chi connectivity index (χ0v) is 22.9. The predicted molar refractivity (Wildman–Crippen MR) is 157 cm³/mol. The van der Waals surface area contributed by atoms with E-state index in [9.17, 15) is 9.59 Å². The first-order chi connectivity index (χ1) is 20.0. The SMILES string of the molecule is COc1cccc(C2C3=C(N=c4sc(=Cc5ccc(-c6ccc(C(=O)O)cc6)o5)c(=O)n42)c2ccccc2CC3)c1. The molecular formula is C33H24N2O5S. The van der Waals surface area contributed by atoms with Gasteiger partial charge in [0.25, 0.3) is 5.56 Å². The molecule has 202 valence electrons. The molecule has 8 heteroatoms. The Kier molecular flexibility index (Phi) is 6.05. The Bertz CT molecular complexity index is 2050. The minimum Gasteiger partial charge on any atom is -0.497 e. The van der Waals surface area contributed by atoms with Crippen molar-refractivity contribution in [2.75, 3.05) is 7.11 Å². The monoisotopic (exact) mass is 560 g/mol. The lowest BCUT2D eigenvalue weighted by Gasteiger charge is -2.31. The number of thiazole rings is 1. The lowest BCUT2D eigenvalue weighted by atomic mass is 9.83. The normalized spacial score (nSPS) is 16.0. The van der Waals surface area contributed by atoms with Crippen molar-refractivity contribution in [3.8, 4) is 17.1 Å². The van der Waals surface area contributed by atoms with Gasteiger partial charge in [0.05, 0.1) is 28.9 Å². The van der Waals surface area contributed by atoms with E-state index in [4.69, 9.17) is 19.3 Å². The van der Waals surface area contributed by atoms with E-state index >= 15 is 0 Å². The van der Waals surface area contributed by atoms with Gasteiger partial charge in [-0.25, -0.2) is 9.79 Å². The van der Waals surface area contributed by atoms with Crippen molar-refractivity contribution in [1.29, 1.82) is 0 Å². The molecule has 0 fully saturated rings. The van der Waals surface area contributed by atoms with Gasteiger partial charge < -0.3 is 14.3 Å². The van der Waals surface area contributed by atoms with Crippen LogP contribution in [-0.2, 0) is 6.42 Å². The van der Waals surface area contributed by atoms with Crippen molar-refractivity contribution in [2.24, 2.45) is 4.99 Å². The quantitative estimate of drug-likeness (QED) is 0.316. The molecule has 0 radical (unpaired) electrons. The van der Waals surface area contributed by atoms with E-state index in [-0.39, 0.29) is 17.2 Å². The maximum atomic E-state index is 14.0. The van der Waals surface area contributed by atoms with E-state index in [1.54, 1.807) is 36.0 Å². The van der Waals surface area contributed by atoms with Crippen LogP contribution in [-0.4, -0.2) is 22.8 Å². The molecule has 41 heavy (non-hydrogen) atoms. The molecule has 0 bridgehead atoms. The summed E-state index contributed by atoms with van der Waals surface area (Å²) in [5.41, 5.74) is 6.25. The second-order valence-corrected chi connectivity index (χ2v) is 11.0. The summed E-state index contributed by atoms with van der Waals surface area (Å²) in [5, 5.41) is 9.17. The van der Waals surface area contributed by atoms with Gasteiger partial charge in [0.15, 0.2) is 4.80 Å². The largest absolute Gasteiger partial charge is 0.497 e. The number of aromatic carboxylic acids is 1. The molecule has 7 rings (SSSR count). The molecule has 3 aromatic carbocycles. The topological polar surface area (TPSA) is 94.0 Å². The van der Waals surface area contributed by atoms with Gasteiger partial charge in [0.2, 0.25) is 0 Å². The van der Waals surface area contributed by atoms with E-state index in [1.165, 1.54) is 29.0 Å². The highest BCUT2D eigenvalue weighted by molar-refractivity contribution is 7.07.